The summed E-state index contributed by atoms with van der Waals surface area (Å²) in [6, 6.07) is 7.44. The molecule has 0 unspecified atom stereocenters. The van der Waals surface area contributed by atoms with Gasteiger partial charge in [0, 0.05) is 36.6 Å². The number of nitrogen functional groups attached to an aromatic ring is 1. The van der Waals surface area contributed by atoms with Crippen LogP contribution in [-0.2, 0) is 13.0 Å². The molecule has 0 atom stereocenters. The van der Waals surface area contributed by atoms with Crippen LogP contribution in [0, 0.1) is 0 Å². The molecule has 0 aliphatic heterocycles. The number of anilines is 2. The van der Waals surface area contributed by atoms with Crippen molar-refractivity contribution in [2.45, 2.75) is 13.0 Å². The van der Waals surface area contributed by atoms with Gasteiger partial charge in [-0.3, -0.25) is 14.2 Å². The van der Waals surface area contributed by atoms with Crippen molar-refractivity contribution in [1.82, 2.24) is 19.4 Å². The standard InChI is InChI=1S/C18H16N6OS/c19-17-14(2-1-4-21-17)22-10-13-8-12(3-5-20-13)9-16(25)15-11-24-6-7-26-18(24)23-15/h1-8,11,22H,9-10H2,(H2,19,21). The van der Waals surface area contributed by atoms with E-state index in [0.29, 0.717) is 18.1 Å². The van der Waals surface area contributed by atoms with Crippen molar-refractivity contribution >= 4 is 33.6 Å². The highest BCUT2D eigenvalue weighted by molar-refractivity contribution is 7.15. The molecule has 130 valence electrons. The second-order valence-corrected chi connectivity index (χ2v) is 6.64. The summed E-state index contributed by atoms with van der Waals surface area (Å²) in [4.78, 5) is 26.0. The van der Waals surface area contributed by atoms with Gasteiger partial charge < -0.3 is 11.1 Å². The summed E-state index contributed by atoms with van der Waals surface area (Å²) in [6.07, 6.45) is 7.30. The lowest BCUT2D eigenvalue weighted by Gasteiger charge is -2.08. The monoisotopic (exact) mass is 364 g/mol. The normalized spacial score (nSPS) is 10.9. The number of hydrogen-bond acceptors (Lipinski definition) is 7. The Morgan fingerprint density at radius 3 is 3.04 bits per heavy atom. The average Bonchev–Trinajstić information content (AvgIpc) is 3.23. The van der Waals surface area contributed by atoms with Gasteiger partial charge in [0.05, 0.1) is 17.9 Å². The van der Waals surface area contributed by atoms with Crippen molar-refractivity contribution in [2.24, 2.45) is 0 Å². The summed E-state index contributed by atoms with van der Waals surface area (Å²) in [6.45, 7) is 0.498. The number of nitrogens with zero attached hydrogens (tertiary/aromatic N) is 4. The first-order chi connectivity index (χ1) is 12.7. The van der Waals surface area contributed by atoms with Crippen LogP contribution in [0.4, 0.5) is 11.5 Å². The lowest BCUT2D eigenvalue weighted by atomic mass is 10.1. The highest BCUT2D eigenvalue weighted by Gasteiger charge is 2.12. The number of rotatable bonds is 6. The first kappa shape index (κ1) is 16.2. The third-order valence-corrected chi connectivity index (χ3v) is 4.69. The van der Waals surface area contributed by atoms with Gasteiger partial charge in [-0.15, -0.1) is 11.3 Å². The van der Waals surface area contributed by atoms with Crippen LogP contribution in [0.15, 0.2) is 54.4 Å². The fraction of sp³-hybridized carbons (Fsp3) is 0.111. The third-order valence-electron chi connectivity index (χ3n) is 3.92. The molecule has 4 rings (SSSR count). The number of carbonyl (C=O) groups is 1. The lowest BCUT2D eigenvalue weighted by molar-refractivity contribution is 0.0989. The average molecular weight is 364 g/mol. The fourth-order valence-electron chi connectivity index (χ4n) is 2.63. The Morgan fingerprint density at radius 1 is 1.27 bits per heavy atom. The number of hydrogen-bond donors (Lipinski definition) is 2. The number of nitrogens with one attached hydrogen (secondary N) is 1. The molecule has 0 amide bonds. The molecule has 0 saturated carbocycles. The van der Waals surface area contributed by atoms with Gasteiger partial charge in [0.15, 0.2) is 10.7 Å². The van der Waals surface area contributed by atoms with Crippen LogP contribution in [-0.4, -0.2) is 25.1 Å². The van der Waals surface area contributed by atoms with E-state index in [1.807, 2.05) is 40.2 Å². The number of ketones is 1. The van der Waals surface area contributed by atoms with Gasteiger partial charge in [-0.1, -0.05) is 0 Å². The number of fused-ring (bicyclic) bond motifs is 1. The topological polar surface area (TPSA) is 98.2 Å². The maximum atomic E-state index is 12.5. The van der Waals surface area contributed by atoms with Crippen LogP contribution < -0.4 is 11.1 Å². The molecule has 4 aromatic heterocycles. The number of pyridine rings is 2. The summed E-state index contributed by atoms with van der Waals surface area (Å²) >= 11 is 1.51. The Kier molecular flexibility index (Phi) is 4.32. The summed E-state index contributed by atoms with van der Waals surface area (Å²) in [5.74, 6) is 0.432. The predicted octanol–water partition coefficient (Wildman–Crippen LogP) is 2.81. The molecular weight excluding hydrogens is 348 g/mol. The van der Waals surface area contributed by atoms with E-state index in [1.54, 1.807) is 18.6 Å². The molecule has 0 bridgehead atoms. The number of thiazole rings is 1. The molecular formula is C18H16N6OS. The van der Waals surface area contributed by atoms with Crippen molar-refractivity contribution in [2.75, 3.05) is 11.1 Å². The molecule has 7 nitrogen and oxygen atoms in total. The minimum atomic E-state index is -0.0116. The number of aromatic nitrogens is 4. The van der Waals surface area contributed by atoms with Gasteiger partial charge in [-0.2, -0.15) is 0 Å². The molecule has 26 heavy (non-hydrogen) atoms. The minimum absolute atomic E-state index is 0.0116. The molecule has 0 radical (unpaired) electrons. The molecule has 0 aliphatic carbocycles. The van der Waals surface area contributed by atoms with Crippen LogP contribution in [0.1, 0.15) is 21.7 Å². The van der Waals surface area contributed by atoms with E-state index in [1.165, 1.54) is 11.3 Å². The first-order valence-corrected chi connectivity index (χ1v) is 8.90. The molecule has 4 heterocycles. The quantitative estimate of drug-likeness (QED) is 0.511. The van der Waals surface area contributed by atoms with E-state index in [2.05, 4.69) is 20.3 Å². The minimum Gasteiger partial charge on any atom is -0.382 e. The van der Waals surface area contributed by atoms with E-state index >= 15 is 0 Å². The number of nitrogens with two attached hydrogens (primary N) is 1. The molecule has 8 heteroatoms. The molecule has 0 fully saturated rings. The highest BCUT2D eigenvalue weighted by Crippen LogP contribution is 2.16. The molecule has 0 aromatic carbocycles. The van der Waals surface area contributed by atoms with E-state index in [-0.39, 0.29) is 12.2 Å². The van der Waals surface area contributed by atoms with E-state index in [9.17, 15) is 4.79 Å². The van der Waals surface area contributed by atoms with Crippen LogP contribution in [0.25, 0.3) is 4.96 Å². The van der Waals surface area contributed by atoms with Gasteiger partial charge in [0.1, 0.15) is 11.5 Å². The van der Waals surface area contributed by atoms with Gasteiger partial charge >= 0.3 is 0 Å². The zero-order valence-corrected chi connectivity index (χ0v) is 14.6. The fourth-order valence-corrected chi connectivity index (χ4v) is 3.33. The van der Waals surface area contributed by atoms with Crippen LogP contribution in [0.5, 0.6) is 0 Å². The van der Waals surface area contributed by atoms with E-state index in [4.69, 9.17) is 5.73 Å². The molecule has 0 saturated heterocycles. The summed E-state index contributed by atoms with van der Waals surface area (Å²) in [7, 11) is 0. The van der Waals surface area contributed by atoms with Crippen molar-refractivity contribution in [1.29, 1.82) is 0 Å². The van der Waals surface area contributed by atoms with Crippen molar-refractivity contribution in [3.63, 3.8) is 0 Å². The Morgan fingerprint density at radius 2 is 2.19 bits per heavy atom. The number of Topliss-reactive ketones (excluding diaryl/α,β-unsaturated/α-hetero) is 1. The van der Waals surface area contributed by atoms with Crippen LogP contribution >= 0.6 is 11.3 Å². The van der Waals surface area contributed by atoms with Crippen LogP contribution in [0.2, 0.25) is 0 Å². The van der Waals surface area contributed by atoms with Gasteiger partial charge in [-0.05, 0) is 29.8 Å². The van der Waals surface area contributed by atoms with E-state index < -0.39 is 0 Å². The smallest absolute Gasteiger partial charge is 0.194 e. The molecule has 0 spiro atoms. The SMILES string of the molecule is Nc1ncccc1NCc1cc(CC(=O)c2cn3ccsc3n2)ccn1. The van der Waals surface area contributed by atoms with Crippen molar-refractivity contribution < 1.29 is 4.79 Å². The van der Waals surface area contributed by atoms with Gasteiger partial charge in [0.2, 0.25) is 0 Å². The predicted molar refractivity (Wildman–Crippen MR) is 101 cm³/mol. The molecule has 0 aliphatic rings. The zero-order chi connectivity index (χ0) is 17.9. The molecule has 4 aromatic rings. The number of imidazole rings is 1. The van der Waals surface area contributed by atoms with Crippen LogP contribution in [0.3, 0.4) is 0 Å². The summed E-state index contributed by atoms with van der Waals surface area (Å²) in [5.41, 5.74) is 8.79. The lowest BCUT2D eigenvalue weighted by Crippen LogP contribution is -2.07. The van der Waals surface area contributed by atoms with Crippen molar-refractivity contribution in [3.05, 3.63) is 71.4 Å². The second-order valence-electron chi connectivity index (χ2n) is 5.76. The number of carbonyl (C=O) groups excluding carboxylic acids is 1. The van der Waals surface area contributed by atoms with Gasteiger partial charge in [-0.25, -0.2) is 9.97 Å². The maximum Gasteiger partial charge on any atom is 0.194 e. The van der Waals surface area contributed by atoms with E-state index in [0.717, 1.165) is 21.9 Å². The summed E-state index contributed by atoms with van der Waals surface area (Å²) in [5, 5.41) is 5.14. The van der Waals surface area contributed by atoms with Crippen molar-refractivity contribution in [3.8, 4) is 0 Å². The third kappa shape index (κ3) is 3.40. The molecule has 3 N–H and O–H groups in total. The Bertz CT molecular complexity index is 1040. The largest absolute Gasteiger partial charge is 0.382 e. The Hall–Kier alpha value is -3.26. The Labute approximate surface area is 153 Å². The first-order valence-electron chi connectivity index (χ1n) is 8.02. The summed E-state index contributed by atoms with van der Waals surface area (Å²) < 4.78 is 1.86. The van der Waals surface area contributed by atoms with Gasteiger partial charge in [0.25, 0.3) is 0 Å². The second kappa shape index (κ2) is 6.93. The maximum absolute atomic E-state index is 12.5. The Balaban J connectivity index is 1.44. The highest BCUT2D eigenvalue weighted by atomic mass is 32.1. The zero-order valence-electron chi connectivity index (χ0n) is 13.8.